The number of nitrogens with two attached hydrogens (primary N) is 1. The summed E-state index contributed by atoms with van der Waals surface area (Å²) >= 11 is 2.03. The van der Waals surface area contributed by atoms with Crippen molar-refractivity contribution in [1.29, 1.82) is 0 Å². The molecule has 11 heteroatoms. The third-order valence-corrected chi connectivity index (χ3v) is 4.32. The third-order valence-electron chi connectivity index (χ3n) is 2.50. The van der Waals surface area contributed by atoms with E-state index >= 15 is 0 Å². The summed E-state index contributed by atoms with van der Waals surface area (Å²) in [6, 6.07) is 1.66. The quantitative estimate of drug-likeness (QED) is 0.475. The van der Waals surface area contributed by atoms with E-state index in [1.165, 1.54) is 6.20 Å². The zero-order valence-electron chi connectivity index (χ0n) is 12.5. The van der Waals surface area contributed by atoms with Crippen LogP contribution in [0.3, 0.4) is 0 Å². The number of carbonyl (C=O) groups excluding carboxylic acids is 1. The van der Waals surface area contributed by atoms with Gasteiger partial charge in [-0.2, -0.15) is 0 Å². The number of halogens is 3. The van der Waals surface area contributed by atoms with E-state index < -0.39 is 29.0 Å². The van der Waals surface area contributed by atoms with Crippen molar-refractivity contribution in [3.05, 3.63) is 40.7 Å². The Morgan fingerprint density at radius 3 is 2.58 bits per heavy atom. The van der Waals surface area contributed by atoms with Gasteiger partial charge in [0.2, 0.25) is 5.13 Å². The minimum Gasteiger partial charge on any atom is -0.382 e. The molecule has 1 amide bonds. The topological polar surface area (TPSA) is 84.1 Å². The van der Waals surface area contributed by atoms with Crippen molar-refractivity contribution in [3.63, 3.8) is 0 Å². The monoisotopic (exact) mass is 375 g/mol. The van der Waals surface area contributed by atoms with Gasteiger partial charge >= 0.3 is 0 Å². The predicted molar refractivity (Wildman–Crippen MR) is 86.9 cm³/mol. The lowest BCUT2D eigenvalue weighted by Crippen LogP contribution is -2.17. The smallest absolute Gasteiger partial charge is 0.264 e. The molecule has 2 rings (SSSR count). The molecule has 1 aromatic heterocycles. The number of hydrogen-bond acceptors (Lipinski definition) is 7. The summed E-state index contributed by atoms with van der Waals surface area (Å²) in [5.41, 5.74) is 5.01. The number of benzene rings is 1. The summed E-state index contributed by atoms with van der Waals surface area (Å²) in [6.07, 6.45) is 1.47. The second-order valence-electron chi connectivity index (χ2n) is 4.64. The maximum atomic E-state index is 13.7. The summed E-state index contributed by atoms with van der Waals surface area (Å²) in [7, 11) is 3.36. The summed E-state index contributed by atoms with van der Waals surface area (Å²) in [5, 5.41) is 9.84. The number of thioether (sulfide) groups is 1. The second-order valence-corrected chi connectivity index (χ2v) is 6.94. The largest absolute Gasteiger partial charge is 0.382 e. The predicted octanol–water partition coefficient (Wildman–Crippen LogP) is 2.67. The molecule has 128 valence electrons. The van der Waals surface area contributed by atoms with Gasteiger partial charge in [0.15, 0.2) is 21.8 Å². The number of carbonyl (C=O) groups is 1. The van der Waals surface area contributed by atoms with Gasteiger partial charge in [0.05, 0.1) is 10.6 Å². The number of nitrogens with zero attached hydrogens (tertiary/aromatic N) is 3. The van der Waals surface area contributed by atoms with Crippen LogP contribution >= 0.6 is 23.1 Å². The minimum absolute atomic E-state index is 0.139. The Morgan fingerprint density at radius 2 is 2.00 bits per heavy atom. The number of nitrogens with one attached hydrogen (secondary N) is 1. The van der Waals surface area contributed by atoms with Gasteiger partial charge in [-0.1, -0.05) is 11.3 Å². The van der Waals surface area contributed by atoms with Crippen LogP contribution in [0.5, 0.6) is 0 Å². The van der Waals surface area contributed by atoms with Crippen LogP contribution in [0.1, 0.15) is 0 Å². The van der Waals surface area contributed by atoms with Crippen molar-refractivity contribution in [2.24, 2.45) is 0 Å². The van der Waals surface area contributed by atoms with Crippen LogP contribution in [-0.4, -0.2) is 35.1 Å². The number of hydrogen-bond donors (Lipinski definition) is 2. The van der Waals surface area contributed by atoms with Crippen LogP contribution in [0, 0.1) is 17.5 Å². The number of rotatable bonds is 5. The molecule has 0 aliphatic rings. The maximum Gasteiger partial charge on any atom is 0.264 e. The first kappa shape index (κ1) is 18.1. The summed E-state index contributed by atoms with van der Waals surface area (Å²) in [4.78, 5) is 14.1. The summed E-state index contributed by atoms with van der Waals surface area (Å²) in [6.45, 7) is 0. The highest BCUT2D eigenvalue weighted by molar-refractivity contribution is 8.05. The zero-order valence-corrected chi connectivity index (χ0v) is 14.1. The molecule has 0 fully saturated rings. The highest BCUT2D eigenvalue weighted by Gasteiger charge is 2.19. The summed E-state index contributed by atoms with van der Waals surface area (Å²) in [5.74, 6) is -5.19. The number of nitrogen functional groups attached to an aromatic ring is 1. The van der Waals surface area contributed by atoms with Gasteiger partial charge in [-0.05, 0) is 23.9 Å². The van der Waals surface area contributed by atoms with Gasteiger partial charge in [-0.3, -0.25) is 4.79 Å². The van der Waals surface area contributed by atoms with E-state index in [-0.39, 0.29) is 10.0 Å². The number of anilines is 2. The third kappa shape index (κ3) is 4.38. The molecule has 3 N–H and O–H groups in total. The maximum absolute atomic E-state index is 13.7. The molecule has 0 unspecified atom stereocenters. The molecule has 0 aliphatic carbocycles. The van der Waals surface area contributed by atoms with Crippen molar-refractivity contribution < 1.29 is 18.0 Å². The highest BCUT2D eigenvalue weighted by Crippen LogP contribution is 2.31. The normalized spacial score (nSPS) is 11.5. The van der Waals surface area contributed by atoms with E-state index in [0.29, 0.717) is 4.34 Å². The lowest BCUT2D eigenvalue weighted by Gasteiger charge is -2.12. The van der Waals surface area contributed by atoms with E-state index in [4.69, 9.17) is 5.73 Å². The molecule has 0 atom stereocenters. The van der Waals surface area contributed by atoms with Crippen molar-refractivity contribution in [2.45, 2.75) is 4.34 Å². The first-order valence-corrected chi connectivity index (χ1v) is 8.01. The molecule has 6 nitrogen and oxygen atoms in total. The van der Waals surface area contributed by atoms with Crippen LogP contribution in [0.4, 0.5) is 24.0 Å². The molecular formula is C13H12F3N5OS2. The lowest BCUT2D eigenvalue weighted by atomic mass is 10.2. The van der Waals surface area contributed by atoms with Gasteiger partial charge in [-0.25, -0.2) is 13.2 Å². The molecule has 0 saturated carbocycles. The fourth-order valence-corrected chi connectivity index (χ4v) is 3.24. The van der Waals surface area contributed by atoms with E-state index in [2.05, 4.69) is 15.5 Å². The molecule has 0 radical (unpaired) electrons. The lowest BCUT2D eigenvalue weighted by molar-refractivity contribution is -0.112. The molecule has 0 bridgehead atoms. The molecule has 0 spiro atoms. The standard InChI is InChI=1S/C13H12F3N5OS2/c1-21(2)5-8(23-13-20-19-12(17)24-13)11(22)18-7-4-3-6(14)9(15)10(7)16/h3-5H,1-2H3,(H2,17,19)(H,18,22). The first-order chi connectivity index (χ1) is 11.3. The fraction of sp³-hybridized carbons (Fsp3) is 0.154. The average molecular weight is 375 g/mol. The summed E-state index contributed by atoms with van der Waals surface area (Å²) < 4.78 is 40.3. The van der Waals surface area contributed by atoms with Crippen molar-refractivity contribution >= 4 is 39.8 Å². The Kier molecular flexibility index (Phi) is 5.67. The molecule has 0 saturated heterocycles. The zero-order chi connectivity index (χ0) is 17.9. The van der Waals surface area contributed by atoms with Crippen LogP contribution < -0.4 is 11.1 Å². The van der Waals surface area contributed by atoms with Crippen molar-refractivity contribution in [1.82, 2.24) is 15.1 Å². The van der Waals surface area contributed by atoms with Gasteiger partial charge in [0.1, 0.15) is 0 Å². The fourth-order valence-electron chi connectivity index (χ4n) is 1.53. The Balaban J connectivity index is 2.24. The Bertz CT molecular complexity index is 794. The number of aromatic nitrogens is 2. The van der Waals surface area contributed by atoms with Crippen LogP contribution in [0.15, 0.2) is 27.6 Å². The van der Waals surface area contributed by atoms with Gasteiger partial charge in [-0.15, -0.1) is 10.2 Å². The van der Waals surface area contributed by atoms with Crippen LogP contribution in [0.2, 0.25) is 0 Å². The Hall–Kier alpha value is -2.27. The second kappa shape index (κ2) is 7.53. The Morgan fingerprint density at radius 1 is 1.29 bits per heavy atom. The molecular weight excluding hydrogens is 363 g/mol. The molecule has 24 heavy (non-hydrogen) atoms. The van der Waals surface area contributed by atoms with E-state index in [0.717, 1.165) is 35.2 Å². The van der Waals surface area contributed by atoms with Crippen molar-refractivity contribution in [2.75, 3.05) is 25.1 Å². The van der Waals surface area contributed by atoms with Gasteiger partial charge in [0.25, 0.3) is 5.91 Å². The Labute approximate surface area is 143 Å². The number of amides is 1. The molecule has 0 aliphatic heterocycles. The highest BCUT2D eigenvalue weighted by atomic mass is 32.2. The van der Waals surface area contributed by atoms with Crippen LogP contribution in [-0.2, 0) is 4.79 Å². The van der Waals surface area contributed by atoms with E-state index in [1.54, 1.807) is 19.0 Å². The average Bonchev–Trinajstić information content (AvgIpc) is 2.92. The minimum atomic E-state index is -1.66. The van der Waals surface area contributed by atoms with Crippen molar-refractivity contribution in [3.8, 4) is 0 Å². The van der Waals surface area contributed by atoms with E-state index in [1.807, 2.05) is 0 Å². The molecule has 2 aromatic rings. The van der Waals surface area contributed by atoms with Gasteiger partial charge in [0, 0.05) is 20.3 Å². The SMILES string of the molecule is CN(C)C=C(Sc1nnc(N)s1)C(=O)Nc1ccc(F)c(F)c1F. The van der Waals surface area contributed by atoms with E-state index in [9.17, 15) is 18.0 Å². The van der Waals surface area contributed by atoms with Crippen LogP contribution in [0.25, 0.3) is 0 Å². The first-order valence-electron chi connectivity index (χ1n) is 6.38. The molecule has 1 heterocycles. The van der Waals surface area contributed by atoms with Gasteiger partial charge < -0.3 is 16.0 Å². The molecule has 1 aromatic carbocycles.